The first-order valence-corrected chi connectivity index (χ1v) is 19.0. The number of aliphatic hydroxyl groups excluding tert-OH is 1. The van der Waals surface area contributed by atoms with E-state index in [1.54, 1.807) is 6.92 Å². The van der Waals surface area contributed by atoms with Gasteiger partial charge in [0, 0.05) is 43.9 Å². The van der Waals surface area contributed by atoms with Gasteiger partial charge >= 0.3 is 17.9 Å². The number of allylic oxidation sites excluding steroid dienone is 3. The number of fused-ring (bicyclic) bond motifs is 2. The summed E-state index contributed by atoms with van der Waals surface area (Å²) in [6.45, 7) is 13.6. The molecule has 0 aromatic rings. The third kappa shape index (κ3) is 6.03. The topological polar surface area (TPSA) is 133 Å². The van der Waals surface area contributed by atoms with Gasteiger partial charge < -0.3 is 33.5 Å². The Hall–Kier alpha value is -2.31. The number of epoxide rings is 2. The molecule has 0 amide bonds. The number of hydrogen-bond donors (Lipinski definition) is 1. The number of hydrogen-bond acceptors (Lipinski definition) is 10. The van der Waals surface area contributed by atoms with Crippen LogP contribution in [0.4, 0.5) is 0 Å². The molecule has 2 aliphatic carbocycles. The standard InChI is InChI=1S/C32H46O10Si/c1-21-11-12-31(23(17-21)41-24-18-22(33)30(31,3)32(24)20-40-32)19-39-28(36)27-29(2,42-27)13-14-37-25(34)9-7-8-10-26(35)38-15-16-43(4,5)6/h7-10,17,22-24,27,33H,11-16,18-20H2,1-6H3/b9-7+,10-8-/t22-,23-,24-,27-,29-,30-,31-,32?/m1/s1. The molecule has 4 fully saturated rings. The first-order chi connectivity index (χ1) is 20.2. The van der Waals surface area contributed by atoms with E-state index in [1.165, 1.54) is 29.9 Å². The van der Waals surface area contributed by atoms with Gasteiger partial charge in [-0.15, -0.1) is 0 Å². The Bertz CT molecular complexity index is 1210. The second kappa shape index (κ2) is 11.6. The maximum absolute atomic E-state index is 13.1. The van der Waals surface area contributed by atoms with Crippen LogP contribution in [-0.2, 0) is 42.8 Å². The fraction of sp³-hybridized carbons (Fsp3) is 0.719. The summed E-state index contributed by atoms with van der Waals surface area (Å²) in [6.07, 6.45) is 8.00. The van der Waals surface area contributed by atoms with E-state index < -0.39 is 60.2 Å². The minimum Gasteiger partial charge on any atom is -0.463 e. The third-order valence-electron chi connectivity index (χ3n) is 10.3. The van der Waals surface area contributed by atoms with E-state index in [-0.39, 0.29) is 25.4 Å². The lowest BCUT2D eigenvalue weighted by Crippen LogP contribution is -2.66. The zero-order valence-electron chi connectivity index (χ0n) is 26.2. The summed E-state index contributed by atoms with van der Waals surface area (Å²) >= 11 is 0. The molecule has 5 aliphatic rings. The second-order valence-electron chi connectivity index (χ2n) is 14.4. The number of carbonyl (C=O) groups excluding carboxylic acids is 3. The Morgan fingerprint density at radius 3 is 2.35 bits per heavy atom. The minimum atomic E-state index is -1.27. The van der Waals surface area contributed by atoms with Crippen LogP contribution in [0.25, 0.3) is 0 Å². The first-order valence-electron chi connectivity index (χ1n) is 15.3. The monoisotopic (exact) mass is 618 g/mol. The van der Waals surface area contributed by atoms with Gasteiger partial charge in [0.2, 0.25) is 0 Å². The summed E-state index contributed by atoms with van der Waals surface area (Å²) < 4.78 is 34.6. The van der Waals surface area contributed by atoms with Gasteiger partial charge in [0.25, 0.3) is 0 Å². The molecule has 5 rings (SSSR count). The fourth-order valence-electron chi connectivity index (χ4n) is 7.17. The lowest BCUT2D eigenvalue weighted by molar-refractivity contribution is -0.230. The van der Waals surface area contributed by atoms with Crippen LogP contribution < -0.4 is 0 Å². The molecule has 3 heterocycles. The van der Waals surface area contributed by atoms with Crippen molar-refractivity contribution in [3.05, 3.63) is 36.0 Å². The molecule has 0 aromatic heterocycles. The SMILES string of the molecule is CC1=C[C@H]2O[C@@H]3C[C@@H](O)[C@@](C)(C34CO4)[C@@]2(COC(=O)[C@H]2O[C@]2(C)CCOC(=O)/C=C/C=C\C(=O)OCC[Si](C)(C)C)CC1. The van der Waals surface area contributed by atoms with Crippen LogP contribution in [0.15, 0.2) is 36.0 Å². The van der Waals surface area contributed by atoms with Crippen molar-refractivity contribution in [3.8, 4) is 0 Å². The number of esters is 3. The highest BCUT2D eigenvalue weighted by Gasteiger charge is 2.82. The molecule has 0 aromatic carbocycles. The van der Waals surface area contributed by atoms with E-state index in [2.05, 4.69) is 39.6 Å². The van der Waals surface area contributed by atoms with Gasteiger partial charge in [-0.05, 0) is 32.7 Å². The van der Waals surface area contributed by atoms with E-state index in [4.69, 9.17) is 28.4 Å². The van der Waals surface area contributed by atoms with Gasteiger partial charge in [0.1, 0.15) is 17.8 Å². The van der Waals surface area contributed by atoms with Crippen LogP contribution in [0, 0.1) is 10.8 Å². The Morgan fingerprint density at radius 2 is 1.72 bits per heavy atom. The molecule has 1 saturated carbocycles. The first kappa shape index (κ1) is 32.1. The Kier molecular flexibility index (Phi) is 8.63. The zero-order chi connectivity index (χ0) is 31.3. The van der Waals surface area contributed by atoms with Crippen LogP contribution >= 0.6 is 0 Å². The maximum atomic E-state index is 13.1. The third-order valence-corrected chi connectivity index (χ3v) is 12.0. The van der Waals surface area contributed by atoms with Gasteiger partial charge in [-0.1, -0.05) is 50.4 Å². The van der Waals surface area contributed by atoms with Crippen LogP contribution in [-0.4, -0.2) is 93.1 Å². The highest BCUT2D eigenvalue weighted by Crippen LogP contribution is 2.71. The van der Waals surface area contributed by atoms with Crippen LogP contribution in [0.3, 0.4) is 0 Å². The molecule has 8 atom stereocenters. The van der Waals surface area contributed by atoms with Gasteiger partial charge in [0.15, 0.2) is 6.10 Å². The number of carbonyl (C=O) groups is 3. The average molecular weight is 619 g/mol. The average Bonchev–Trinajstić information content (AvgIpc) is 3.84. The summed E-state index contributed by atoms with van der Waals surface area (Å²) in [6, 6.07) is 0.892. The Balaban J connectivity index is 1.08. The quantitative estimate of drug-likeness (QED) is 0.0657. The molecule has 2 bridgehead atoms. The normalized spacial score (nSPS) is 39.5. The number of rotatable bonds is 12. The molecule has 0 radical (unpaired) electrons. The van der Waals surface area contributed by atoms with Crippen molar-refractivity contribution in [2.24, 2.45) is 10.8 Å². The highest BCUT2D eigenvalue weighted by atomic mass is 28.3. The van der Waals surface area contributed by atoms with E-state index in [0.717, 1.165) is 18.9 Å². The summed E-state index contributed by atoms with van der Waals surface area (Å²) in [5.41, 5.74) is -1.33. The van der Waals surface area contributed by atoms with Crippen LogP contribution in [0.1, 0.15) is 46.5 Å². The molecule has 11 heteroatoms. The van der Waals surface area contributed by atoms with Crippen LogP contribution in [0.2, 0.25) is 25.7 Å². The van der Waals surface area contributed by atoms with E-state index in [9.17, 15) is 19.5 Å². The molecule has 3 saturated heterocycles. The van der Waals surface area contributed by atoms with E-state index in [1.807, 2.05) is 0 Å². The van der Waals surface area contributed by atoms with Crippen molar-refractivity contribution < 1.29 is 47.9 Å². The minimum absolute atomic E-state index is 0.0569. The molecular formula is C32H46O10Si. The summed E-state index contributed by atoms with van der Waals surface area (Å²) in [5.74, 6) is -1.49. The van der Waals surface area contributed by atoms with Crippen molar-refractivity contribution in [3.63, 3.8) is 0 Å². The molecule has 1 spiro atoms. The molecular weight excluding hydrogens is 572 g/mol. The van der Waals surface area contributed by atoms with Gasteiger partial charge in [-0.2, -0.15) is 0 Å². The number of aliphatic hydroxyl groups is 1. The van der Waals surface area contributed by atoms with Crippen LogP contribution in [0.5, 0.6) is 0 Å². The molecule has 43 heavy (non-hydrogen) atoms. The van der Waals surface area contributed by atoms with Crippen molar-refractivity contribution in [1.29, 1.82) is 0 Å². The zero-order valence-corrected chi connectivity index (χ0v) is 27.2. The lowest BCUT2D eigenvalue weighted by atomic mass is 9.51. The summed E-state index contributed by atoms with van der Waals surface area (Å²) in [7, 11) is -1.27. The smallest absolute Gasteiger partial charge is 0.338 e. The lowest BCUT2D eigenvalue weighted by Gasteiger charge is -2.58. The predicted molar refractivity (Wildman–Crippen MR) is 159 cm³/mol. The van der Waals surface area contributed by atoms with Crippen molar-refractivity contribution >= 4 is 26.0 Å². The predicted octanol–water partition coefficient (Wildman–Crippen LogP) is 3.65. The molecule has 1 N–H and O–H groups in total. The van der Waals surface area contributed by atoms with Crippen molar-refractivity contribution in [2.45, 2.75) is 108 Å². The van der Waals surface area contributed by atoms with Gasteiger partial charge in [-0.25, -0.2) is 14.4 Å². The van der Waals surface area contributed by atoms with Gasteiger partial charge in [-0.3, -0.25) is 0 Å². The molecule has 238 valence electrons. The summed E-state index contributed by atoms with van der Waals surface area (Å²) in [4.78, 5) is 37.0. The Labute approximate surface area is 254 Å². The second-order valence-corrected chi connectivity index (χ2v) is 20.0. The fourth-order valence-corrected chi connectivity index (χ4v) is 7.89. The molecule has 3 aliphatic heterocycles. The van der Waals surface area contributed by atoms with Crippen molar-refractivity contribution in [1.82, 2.24) is 0 Å². The van der Waals surface area contributed by atoms with Crippen molar-refractivity contribution in [2.75, 3.05) is 26.4 Å². The Morgan fingerprint density at radius 1 is 1.07 bits per heavy atom. The number of ether oxygens (including phenoxy) is 6. The summed E-state index contributed by atoms with van der Waals surface area (Å²) in [5, 5.41) is 11.2. The molecule has 10 nitrogen and oxygen atoms in total. The maximum Gasteiger partial charge on any atom is 0.338 e. The van der Waals surface area contributed by atoms with Gasteiger partial charge in [0.05, 0.1) is 38.1 Å². The van der Waals surface area contributed by atoms with E-state index >= 15 is 0 Å². The largest absolute Gasteiger partial charge is 0.463 e. The molecule has 1 unspecified atom stereocenters. The van der Waals surface area contributed by atoms with E-state index in [0.29, 0.717) is 26.1 Å². The highest BCUT2D eigenvalue weighted by molar-refractivity contribution is 6.76.